The average molecular weight is 259 g/mol. The van der Waals surface area contributed by atoms with Crippen molar-refractivity contribution in [1.29, 1.82) is 0 Å². The van der Waals surface area contributed by atoms with Crippen LogP contribution < -0.4 is 16.0 Å². The Morgan fingerprint density at radius 3 is 2.84 bits per heavy atom. The van der Waals surface area contributed by atoms with Crippen LogP contribution in [0.15, 0.2) is 35.3 Å². The normalized spacial score (nSPS) is 10.4. The quantitative estimate of drug-likeness (QED) is 0.846. The molecule has 0 atom stereocenters. The van der Waals surface area contributed by atoms with Crippen molar-refractivity contribution in [3.63, 3.8) is 0 Å². The summed E-state index contributed by atoms with van der Waals surface area (Å²) in [6, 6.07) is 6.95. The highest BCUT2D eigenvalue weighted by Gasteiger charge is 2.07. The van der Waals surface area contributed by atoms with Gasteiger partial charge >= 0.3 is 0 Å². The van der Waals surface area contributed by atoms with E-state index in [9.17, 15) is 4.79 Å². The maximum atomic E-state index is 11.8. The number of hydrogen-bond acceptors (Lipinski definition) is 4. The average Bonchev–Trinajstić information content (AvgIpc) is 2.36. The molecule has 0 fully saturated rings. The Balaban J connectivity index is 2.36. The Bertz CT molecular complexity index is 635. The summed E-state index contributed by atoms with van der Waals surface area (Å²) < 4.78 is 6.92. The molecule has 0 radical (unpaired) electrons. The van der Waals surface area contributed by atoms with E-state index in [1.807, 2.05) is 19.9 Å². The van der Waals surface area contributed by atoms with Crippen molar-refractivity contribution in [3.8, 4) is 5.75 Å². The van der Waals surface area contributed by atoms with Gasteiger partial charge in [0.1, 0.15) is 5.75 Å². The molecule has 2 rings (SSSR count). The number of hydrogen-bond donors (Lipinski definition) is 1. The zero-order valence-corrected chi connectivity index (χ0v) is 11.1. The lowest BCUT2D eigenvalue weighted by Gasteiger charge is -2.11. The molecule has 100 valence electrons. The summed E-state index contributed by atoms with van der Waals surface area (Å²) in [6.07, 6.45) is 1.66. The molecule has 0 aliphatic rings. The monoisotopic (exact) mass is 259 g/mol. The van der Waals surface area contributed by atoms with Crippen LogP contribution in [0.4, 0.5) is 5.69 Å². The lowest BCUT2D eigenvalue weighted by molar-refractivity contribution is 0.335. The summed E-state index contributed by atoms with van der Waals surface area (Å²) in [6.45, 7) is 4.66. The third-order valence-corrected chi connectivity index (χ3v) is 2.71. The van der Waals surface area contributed by atoms with E-state index < -0.39 is 0 Å². The number of ether oxygens (including phenoxy) is 1. The van der Waals surface area contributed by atoms with Crippen LogP contribution in [0.25, 0.3) is 0 Å². The van der Waals surface area contributed by atoms with E-state index in [4.69, 9.17) is 10.5 Å². The highest BCUT2D eigenvalue weighted by atomic mass is 16.5. The molecule has 5 heteroatoms. The molecular formula is C14H17N3O2. The molecule has 1 aromatic carbocycles. The van der Waals surface area contributed by atoms with Crippen LogP contribution in [-0.4, -0.2) is 16.4 Å². The van der Waals surface area contributed by atoms with Crippen molar-refractivity contribution in [1.82, 2.24) is 9.78 Å². The Morgan fingerprint density at radius 2 is 2.16 bits per heavy atom. The van der Waals surface area contributed by atoms with Crippen molar-refractivity contribution in [2.45, 2.75) is 20.4 Å². The summed E-state index contributed by atoms with van der Waals surface area (Å²) in [5, 5.41) is 4.11. The molecule has 0 spiro atoms. The summed E-state index contributed by atoms with van der Waals surface area (Å²) >= 11 is 0. The SMILES string of the molecule is CCOc1ccc(N)cc1Cn1ncc(C)cc1=O. The zero-order valence-electron chi connectivity index (χ0n) is 11.1. The zero-order chi connectivity index (χ0) is 13.8. The summed E-state index contributed by atoms with van der Waals surface area (Å²) in [5.41, 5.74) is 7.97. The number of aromatic nitrogens is 2. The maximum absolute atomic E-state index is 11.8. The van der Waals surface area contributed by atoms with Gasteiger partial charge in [-0.25, -0.2) is 4.68 Å². The smallest absolute Gasteiger partial charge is 0.267 e. The molecule has 0 bridgehead atoms. The fourth-order valence-electron chi connectivity index (χ4n) is 1.82. The predicted molar refractivity (Wildman–Crippen MR) is 74.4 cm³/mol. The second-order valence-corrected chi connectivity index (χ2v) is 4.33. The Hall–Kier alpha value is -2.30. The van der Waals surface area contributed by atoms with Crippen LogP contribution in [0.5, 0.6) is 5.75 Å². The van der Waals surface area contributed by atoms with Gasteiger partial charge in [-0.05, 0) is 37.6 Å². The minimum Gasteiger partial charge on any atom is -0.494 e. The Morgan fingerprint density at radius 1 is 1.37 bits per heavy atom. The molecule has 0 amide bonds. The van der Waals surface area contributed by atoms with E-state index >= 15 is 0 Å². The predicted octanol–water partition coefficient (Wildman–Crippen LogP) is 1.58. The molecule has 0 saturated carbocycles. The fraction of sp³-hybridized carbons (Fsp3) is 0.286. The number of rotatable bonds is 4. The lowest BCUT2D eigenvalue weighted by Crippen LogP contribution is -2.23. The van der Waals surface area contributed by atoms with Gasteiger partial charge in [0.25, 0.3) is 5.56 Å². The van der Waals surface area contributed by atoms with Gasteiger partial charge in [-0.15, -0.1) is 0 Å². The first-order chi connectivity index (χ1) is 9.10. The van der Waals surface area contributed by atoms with Crippen LogP contribution in [-0.2, 0) is 6.54 Å². The molecular weight excluding hydrogens is 242 g/mol. The molecule has 0 aliphatic carbocycles. The first kappa shape index (κ1) is 13.1. The highest BCUT2D eigenvalue weighted by Crippen LogP contribution is 2.21. The van der Waals surface area contributed by atoms with Crippen LogP contribution in [0.2, 0.25) is 0 Å². The van der Waals surface area contributed by atoms with Crippen molar-refractivity contribution < 1.29 is 4.74 Å². The third kappa shape index (κ3) is 3.13. The molecule has 0 aliphatic heterocycles. The van der Waals surface area contributed by atoms with E-state index in [2.05, 4.69) is 5.10 Å². The van der Waals surface area contributed by atoms with Crippen molar-refractivity contribution in [2.24, 2.45) is 0 Å². The van der Waals surface area contributed by atoms with Crippen molar-refractivity contribution >= 4 is 5.69 Å². The molecule has 1 aromatic heterocycles. The van der Waals surface area contributed by atoms with E-state index in [0.717, 1.165) is 16.9 Å². The minimum atomic E-state index is -0.134. The molecule has 2 aromatic rings. The van der Waals surface area contributed by atoms with E-state index in [1.54, 1.807) is 24.4 Å². The lowest BCUT2D eigenvalue weighted by atomic mass is 10.1. The molecule has 0 saturated heterocycles. The van der Waals surface area contributed by atoms with E-state index in [1.165, 1.54) is 4.68 Å². The molecule has 1 heterocycles. The summed E-state index contributed by atoms with van der Waals surface area (Å²) in [4.78, 5) is 11.8. The summed E-state index contributed by atoms with van der Waals surface area (Å²) in [5.74, 6) is 0.728. The molecule has 19 heavy (non-hydrogen) atoms. The van der Waals surface area contributed by atoms with Gasteiger partial charge in [0.2, 0.25) is 0 Å². The highest BCUT2D eigenvalue weighted by molar-refractivity contribution is 5.47. The van der Waals surface area contributed by atoms with Crippen molar-refractivity contribution in [3.05, 3.63) is 51.9 Å². The van der Waals surface area contributed by atoms with Crippen LogP contribution in [0.3, 0.4) is 0 Å². The number of nitrogen functional groups attached to an aromatic ring is 1. The fourth-order valence-corrected chi connectivity index (χ4v) is 1.82. The third-order valence-electron chi connectivity index (χ3n) is 2.71. The second kappa shape index (κ2) is 5.56. The van der Waals surface area contributed by atoms with Gasteiger partial charge in [-0.2, -0.15) is 5.10 Å². The first-order valence-electron chi connectivity index (χ1n) is 6.15. The number of anilines is 1. The van der Waals surface area contributed by atoms with E-state index in [0.29, 0.717) is 18.8 Å². The van der Waals surface area contributed by atoms with Gasteiger partial charge in [-0.1, -0.05) is 0 Å². The second-order valence-electron chi connectivity index (χ2n) is 4.33. The largest absolute Gasteiger partial charge is 0.494 e. The van der Waals surface area contributed by atoms with Gasteiger partial charge in [-0.3, -0.25) is 4.79 Å². The maximum Gasteiger partial charge on any atom is 0.267 e. The van der Waals surface area contributed by atoms with Gasteiger partial charge in [0.15, 0.2) is 0 Å². The van der Waals surface area contributed by atoms with Crippen LogP contribution in [0.1, 0.15) is 18.1 Å². The number of aryl methyl sites for hydroxylation is 1. The summed E-state index contributed by atoms with van der Waals surface area (Å²) in [7, 11) is 0. The Labute approximate surface area is 111 Å². The standard InChI is InChI=1S/C14H17N3O2/c1-3-19-13-5-4-12(15)7-11(13)9-17-14(18)6-10(2)8-16-17/h4-8H,3,9,15H2,1-2H3. The van der Waals surface area contributed by atoms with Crippen LogP contribution >= 0.6 is 0 Å². The number of nitrogens with zero attached hydrogens (tertiary/aromatic N) is 2. The van der Waals surface area contributed by atoms with Gasteiger partial charge < -0.3 is 10.5 Å². The van der Waals surface area contributed by atoms with Gasteiger partial charge in [0, 0.05) is 17.3 Å². The number of nitrogens with two attached hydrogens (primary N) is 1. The molecule has 2 N–H and O–H groups in total. The van der Waals surface area contributed by atoms with Gasteiger partial charge in [0.05, 0.1) is 19.3 Å². The Kier molecular flexibility index (Phi) is 3.85. The topological polar surface area (TPSA) is 70.1 Å². The molecule has 0 unspecified atom stereocenters. The first-order valence-corrected chi connectivity index (χ1v) is 6.15. The minimum absolute atomic E-state index is 0.134. The number of benzene rings is 1. The molecule has 5 nitrogen and oxygen atoms in total. The van der Waals surface area contributed by atoms with Crippen molar-refractivity contribution in [2.75, 3.05) is 12.3 Å². The van der Waals surface area contributed by atoms with Crippen LogP contribution in [0, 0.1) is 6.92 Å². The van der Waals surface area contributed by atoms with E-state index in [-0.39, 0.29) is 5.56 Å².